The van der Waals surface area contributed by atoms with Crippen molar-refractivity contribution in [1.29, 1.82) is 0 Å². The fourth-order valence-corrected chi connectivity index (χ4v) is 3.54. The van der Waals surface area contributed by atoms with Crippen LogP contribution in [0, 0.1) is 0 Å². The number of hydrogen-bond acceptors (Lipinski definition) is 10. The standard InChI is InChI=1S/C30H61NO9/c1-4-5-6-7-8-9-10-11-12-13-30(32)40-29-28-39-27-26-38-25-24-37-23-22-36-21-20-35-19-18-34-17-16-33-15-14-31(2)3/h4-29H2,1-3H3. The minimum absolute atomic E-state index is 0.130. The van der Waals surface area contributed by atoms with Crippen molar-refractivity contribution in [2.75, 3.05) is 120 Å². The molecule has 0 amide bonds. The summed E-state index contributed by atoms with van der Waals surface area (Å²) in [7, 11) is 4.04. The maximum Gasteiger partial charge on any atom is 0.305 e. The van der Waals surface area contributed by atoms with Crippen LogP contribution in [0.15, 0.2) is 0 Å². The van der Waals surface area contributed by atoms with Crippen LogP contribution in [-0.4, -0.2) is 131 Å². The number of hydrogen-bond donors (Lipinski definition) is 0. The molecule has 0 fully saturated rings. The Kier molecular flexibility index (Phi) is 33.6. The largest absolute Gasteiger partial charge is 0.463 e. The topological polar surface area (TPSA) is 94.2 Å². The molecule has 0 saturated heterocycles. The SMILES string of the molecule is CCCCCCCCCCCC(=O)OCCOCCOCCOCCOCCOCCOCCOCCN(C)C. The van der Waals surface area contributed by atoms with Gasteiger partial charge in [-0.1, -0.05) is 58.3 Å². The van der Waals surface area contributed by atoms with Gasteiger partial charge in [0.2, 0.25) is 0 Å². The van der Waals surface area contributed by atoms with Gasteiger partial charge in [-0.05, 0) is 20.5 Å². The number of esters is 1. The highest BCUT2D eigenvalue weighted by molar-refractivity contribution is 5.69. The first kappa shape index (κ1) is 39.1. The zero-order chi connectivity index (χ0) is 29.2. The summed E-state index contributed by atoms with van der Waals surface area (Å²) in [4.78, 5) is 13.8. The first-order chi connectivity index (χ1) is 19.7. The molecule has 240 valence electrons. The van der Waals surface area contributed by atoms with E-state index >= 15 is 0 Å². The molecule has 0 aromatic rings. The zero-order valence-corrected chi connectivity index (χ0v) is 26.0. The van der Waals surface area contributed by atoms with E-state index in [2.05, 4.69) is 11.8 Å². The number of unbranched alkanes of at least 4 members (excludes halogenated alkanes) is 8. The van der Waals surface area contributed by atoms with Crippen LogP contribution in [0.25, 0.3) is 0 Å². The molecule has 0 aromatic heterocycles. The number of ether oxygens (including phenoxy) is 8. The van der Waals surface area contributed by atoms with Crippen molar-refractivity contribution in [3.63, 3.8) is 0 Å². The Morgan fingerprint density at radius 1 is 0.450 bits per heavy atom. The average Bonchev–Trinajstić information content (AvgIpc) is 2.94. The molecule has 0 aliphatic rings. The van der Waals surface area contributed by atoms with Crippen LogP contribution in [0.5, 0.6) is 0 Å². The fraction of sp³-hybridized carbons (Fsp3) is 0.967. The molecule has 0 N–H and O–H groups in total. The Morgan fingerprint density at radius 2 is 0.775 bits per heavy atom. The van der Waals surface area contributed by atoms with E-state index in [0.717, 1.165) is 26.0 Å². The summed E-state index contributed by atoms with van der Waals surface area (Å²) < 4.78 is 43.4. The molecule has 0 radical (unpaired) electrons. The molecule has 0 rings (SSSR count). The molecule has 0 aromatic carbocycles. The van der Waals surface area contributed by atoms with Gasteiger partial charge < -0.3 is 42.8 Å². The van der Waals surface area contributed by atoms with Gasteiger partial charge in [0.25, 0.3) is 0 Å². The van der Waals surface area contributed by atoms with Crippen LogP contribution in [0.4, 0.5) is 0 Å². The molecular formula is C30H61NO9. The summed E-state index contributed by atoms with van der Waals surface area (Å²) in [5, 5.41) is 0. The van der Waals surface area contributed by atoms with E-state index in [1.165, 1.54) is 44.9 Å². The van der Waals surface area contributed by atoms with Gasteiger partial charge in [-0.25, -0.2) is 0 Å². The van der Waals surface area contributed by atoms with Gasteiger partial charge in [0.05, 0.1) is 92.5 Å². The second-order valence-electron chi connectivity index (χ2n) is 9.89. The minimum Gasteiger partial charge on any atom is -0.463 e. The van der Waals surface area contributed by atoms with Crippen LogP contribution in [-0.2, 0) is 42.7 Å². The van der Waals surface area contributed by atoms with Crippen molar-refractivity contribution < 1.29 is 42.7 Å². The predicted molar refractivity (Wildman–Crippen MR) is 157 cm³/mol. The second kappa shape index (κ2) is 34.4. The molecule has 0 atom stereocenters. The van der Waals surface area contributed by atoms with E-state index in [1.807, 2.05) is 14.1 Å². The van der Waals surface area contributed by atoms with Crippen LogP contribution in [0.2, 0.25) is 0 Å². The quantitative estimate of drug-likeness (QED) is 0.0818. The molecule has 0 heterocycles. The van der Waals surface area contributed by atoms with Crippen molar-refractivity contribution >= 4 is 5.97 Å². The Hall–Kier alpha value is -0.850. The summed E-state index contributed by atoms with van der Waals surface area (Å²) >= 11 is 0. The van der Waals surface area contributed by atoms with E-state index in [-0.39, 0.29) is 5.97 Å². The maximum atomic E-state index is 11.7. The highest BCUT2D eigenvalue weighted by atomic mass is 16.6. The summed E-state index contributed by atoms with van der Waals surface area (Å²) in [5.41, 5.74) is 0. The Bertz CT molecular complexity index is 498. The van der Waals surface area contributed by atoms with Crippen LogP contribution >= 0.6 is 0 Å². The average molecular weight is 580 g/mol. The molecule has 0 spiro atoms. The minimum atomic E-state index is -0.130. The number of nitrogens with zero attached hydrogens (tertiary/aromatic N) is 1. The van der Waals surface area contributed by atoms with Gasteiger partial charge in [-0.3, -0.25) is 4.79 Å². The zero-order valence-electron chi connectivity index (χ0n) is 26.0. The molecule has 0 saturated carbocycles. The lowest BCUT2D eigenvalue weighted by atomic mass is 10.1. The Morgan fingerprint density at radius 3 is 1.15 bits per heavy atom. The van der Waals surface area contributed by atoms with E-state index in [0.29, 0.717) is 98.9 Å². The van der Waals surface area contributed by atoms with Gasteiger partial charge in [-0.2, -0.15) is 0 Å². The highest BCUT2D eigenvalue weighted by Gasteiger charge is 2.03. The van der Waals surface area contributed by atoms with E-state index in [4.69, 9.17) is 37.9 Å². The first-order valence-corrected chi connectivity index (χ1v) is 15.5. The Labute approximate surface area is 244 Å². The molecule has 40 heavy (non-hydrogen) atoms. The molecular weight excluding hydrogens is 518 g/mol. The van der Waals surface area contributed by atoms with Gasteiger partial charge in [-0.15, -0.1) is 0 Å². The first-order valence-electron chi connectivity index (χ1n) is 15.5. The van der Waals surface area contributed by atoms with Gasteiger partial charge in [0, 0.05) is 13.0 Å². The molecule has 10 nitrogen and oxygen atoms in total. The molecule has 0 aliphatic heterocycles. The normalized spacial score (nSPS) is 11.5. The monoisotopic (exact) mass is 579 g/mol. The van der Waals surface area contributed by atoms with Crippen molar-refractivity contribution in [2.24, 2.45) is 0 Å². The smallest absolute Gasteiger partial charge is 0.305 e. The second-order valence-corrected chi connectivity index (χ2v) is 9.89. The molecule has 0 bridgehead atoms. The number of rotatable bonds is 34. The summed E-state index contributed by atoms with van der Waals surface area (Å²) in [6.45, 7) is 10.9. The summed E-state index contributed by atoms with van der Waals surface area (Å²) in [6.07, 6.45) is 11.7. The lowest BCUT2D eigenvalue weighted by Gasteiger charge is -2.10. The molecule has 0 unspecified atom stereocenters. The third-order valence-electron chi connectivity index (χ3n) is 5.89. The van der Waals surface area contributed by atoms with E-state index < -0.39 is 0 Å². The highest BCUT2D eigenvalue weighted by Crippen LogP contribution is 2.10. The van der Waals surface area contributed by atoms with Crippen molar-refractivity contribution in [3.8, 4) is 0 Å². The van der Waals surface area contributed by atoms with Crippen molar-refractivity contribution in [2.45, 2.75) is 71.1 Å². The third-order valence-corrected chi connectivity index (χ3v) is 5.89. The predicted octanol–water partition coefficient (Wildman–Crippen LogP) is 4.13. The number of carbonyl (C=O) groups excluding carboxylic acids is 1. The third kappa shape index (κ3) is 35.2. The summed E-state index contributed by atoms with van der Waals surface area (Å²) in [5.74, 6) is -0.130. The molecule has 10 heteroatoms. The van der Waals surface area contributed by atoms with Gasteiger partial charge in [0.1, 0.15) is 6.61 Å². The lowest BCUT2D eigenvalue weighted by molar-refractivity contribution is -0.145. The number of carbonyl (C=O) groups is 1. The van der Waals surface area contributed by atoms with Crippen LogP contribution in [0.3, 0.4) is 0 Å². The Balaban J connectivity index is 3.12. The fourth-order valence-electron chi connectivity index (χ4n) is 3.54. The van der Waals surface area contributed by atoms with Crippen molar-refractivity contribution in [1.82, 2.24) is 4.90 Å². The van der Waals surface area contributed by atoms with Crippen LogP contribution in [0.1, 0.15) is 71.1 Å². The summed E-state index contributed by atoms with van der Waals surface area (Å²) in [6, 6.07) is 0. The molecule has 0 aliphatic carbocycles. The van der Waals surface area contributed by atoms with Gasteiger partial charge in [0.15, 0.2) is 0 Å². The maximum absolute atomic E-state index is 11.7. The number of likely N-dealkylation sites (N-methyl/N-ethyl adjacent to an activating group) is 1. The van der Waals surface area contributed by atoms with Gasteiger partial charge >= 0.3 is 5.97 Å². The van der Waals surface area contributed by atoms with E-state index in [1.54, 1.807) is 0 Å². The van der Waals surface area contributed by atoms with E-state index in [9.17, 15) is 4.79 Å². The lowest BCUT2D eigenvalue weighted by Crippen LogP contribution is -2.19. The van der Waals surface area contributed by atoms with Crippen molar-refractivity contribution in [3.05, 3.63) is 0 Å². The van der Waals surface area contributed by atoms with Crippen LogP contribution < -0.4 is 0 Å².